The summed E-state index contributed by atoms with van der Waals surface area (Å²) >= 11 is 6.05. The van der Waals surface area contributed by atoms with Crippen LogP contribution in [0.15, 0.2) is 66.7 Å². The molecule has 6 rings (SSSR count). The lowest BCUT2D eigenvalue weighted by Crippen LogP contribution is -2.52. The van der Waals surface area contributed by atoms with E-state index in [1.807, 2.05) is 24.3 Å². The molecule has 7 nitrogen and oxygen atoms in total. The molecule has 206 valence electrons. The van der Waals surface area contributed by atoms with Crippen molar-refractivity contribution in [2.75, 3.05) is 13.1 Å². The van der Waals surface area contributed by atoms with Crippen molar-refractivity contribution < 1.29 is 19.1 Å². The van der Waals surface area contributed by atoms with Gasteiger partial charge in [-0.05, 0) is 79.2 Å². The summed E-state index contributed by atoms with van der Waals surface area (Å²) < 4.78 is 6.22. The van der Waals surface area contributed by atoms with E-state index in [2.05, 4.69) is 46.6 Å². The number of rotatable bonds is 7. The Kier molecular flexibility index (Phi) is 7.59. The molecule has 0 bridgehead atoms. The van der Waals surface area contributed by atoms with Gasteiger partial charge in [0.05, 0.1) is 6.54 Å². The molecule has 3 heterocycles. The molecule has 0 spiro atoms. The summed E-state index contributed by atoms with van der Waals surface area (Å²) in [4.78, 5) is 41.1. The van der Waals surface area contributed by atoms with Gasteiger partial charge in [0.2, 0.25) is 11.8 Å². The second kappa shape index (κ2) is 11.4. The molecule has 3 aliphatic rings. The van der Waals surface area contributed by atoms with E-state index < -0.39 is 11.9 Å². The summed E-state index contributed by atoms with van der Waals surface area (Å²) in [6, 6.07) is 21.5. The van der Waals surface area contributed by atoms with Crippen LogP contribution in [0, 0.1) is 0 Å². The standard InChI is InChI=1S/C32H32ClN3O4/c33-25-9-7-23(8-10-25)24-13-15-35(16-14-24)18-21-3-1-4-22(17-21)20-40-29-6-2-5-26-27(29)19-36(32(26)39)28-11-12-30(37)34-31(28)38/h1-10,17,24,28H,11-16,18-20H2,(H,34,37,38). The molecule has 40 heavy (non-hydrogen) atoms. The van der Waals surface area contributed by atoms with E-state index in [0.29, 0.717) is 36.8 Å². The van der Waals surface area contributed by atoms with Crippen LogP contribution >= 0.6 is 11.6 Å². The lowest BCUT2D eigenvalue weighted by molar-refractivity contribution is -0.136. The molecule has 3 aromatic carbocycles. The van der Waals surface area contributed by atoms with Gasteiger partial charge in [-0.2, -0.15) is 0 Å². The van der Waals surface area contributed by atoms with Crippen LogP contribution in [0.1, 0.15) is 64.2 Å². The highest BCUT2D eigenvalue weighted by molar-refractivity contribution is 6.30. The number of likely N-dealkylation sites (tertiary alicyclic amines) is 1. The van der Waals surface area contributed by atoms with E-state index in [1.54, 1.807) is 11.0 Å². The van der Waals surface area contributed by atoms with Gasteiger partial charge in [0.25, 0.3) is 5.91 Å². The van der Waals surface area contributed by atoms with Crippen molar-refractivity contribution in [3.63, 3.8) is 0 Å². The van der Waals surface area contributed by atoms with E-state index in [9.17, 15) is 14.4 Å². The maximum Gasteiger partial charge on any atom is 0.255 e. The van der Waals surface area contributed by atoms with Crippen LogP contribution in [0.4, 0.5) is 0 Å². The molecule has 0 saturated carbocycles. The first-order valence-corrected chi connectivity index (χ1v) is 14.3. The molecule has 1 atom stereocenters. The number of nitrogens with zero attached hydrogens (tertiary/aromatic N) is 2. The summed E-state index contributed by atoms with van der Waals surface area (Å²) in [5.74, 6) is 0.329. The highest BCUT2D eigenvalue weighted by atomic mass is 35.5. The number of piperidine rings is 2. The topological polar surface area (TPSA) is 79.0 Å². The molecule has 0 aromatic heterocycles. The van der Waals surface area contributed by atoms with Crippen LogP contribution in [-0.4, -0.2) is 46.7 Å². The van der Waals surface area contributed by atoms with Gasteiger partial charge in [0.15, 0.2) is 0 Å². The number of amides is 3. The number of hydrogen-bond acceptors (Lipinski definition) is 5. The first kappa shape index (κ1) is 26.5. The number of carbonyl (C=O) groups is 3. The fourth-order valence-electron chi connectivity index (χ4n) is 6.09. The number of halogens is 1. The van der Waals surface area contributed by atoms with Crippen LogP contribution in [-0.2, 0) is 29.3 Å². The zero-order chi connectivity index (χ0) is 27.6. The quantitative estimate of drug-likeness (QED) is 0.411. The monoisotopic (exact) mass is 557 g/mol. The zero-order valence-electron chi connectivity index (χ0n) is 22.3. The van der Waals surface area contributed by atoms with Gasteiger partial charge in [-0.25, -0.2) is 0 Å². The second-order valence-corrected chi connectivity index (χ2v) is 11.3. The Bertz CT molecular complexity index is 1430. The SMILES string of the molecule is O=C1CCC(N2Cc3c(OCc4cccc(CN5CCC(c6ccc(Cl)cc6)CC5)c4)cccc3C2=O)C(=O)N1. The minimum absolute atomic E-state index is 0.197. The third kappa shape index (κ3) is 5.62. The summed E-state index contributed by atoms with van der Waals surface area (Å²) in [6.07, 6.45) is 2.85. The molecular formula is C32H32ClN3O4. The van der Waals surface area contributed by atoms with Crippen molar-refractivity contribution in [3.8, 4) is 5.75 Å². The number of benzene rings is 3. The Balaban J connectivity index is 1.06. The predicted octanol–water partition coefficient (Wildman–Crippen LogP) is 5.06. The average molecular weight is 558 g/mol. The van der Waals surface area contributed by atoms with Crippen LogP contribution in [0.2, 0.25) is 5.02 Å². The van der Waals surface area contributed by atoms with Crippen molar-refractivity contribution in [1.29, 1.82) is 0 Å². The van der Waals surface area contributed by atoms with E-state index in [1.165, 1.54) is 11.1 Å². The summed E-state index contributed by atoms with van der Waals surface area (Å²) in [5.41, 5.74) is 5.04. The van der Waals surface area contributed by atoms with Crippen LogP contribution in [0.3, 0.4) is 0 Å². The van der Waals surface area contributed by atoms with E-state index in [-0.39, 0.29) is 18.2 Å². The van der Waals surface area contributed by atoms with Gasteiger partial charge in [-0.15, -0.1) is 0 Å². The fraction of sp³-hybridized carbons (Fsp3) is 0.344. The van der Waals surface area contributed by atoms with E-state index in [4.69, 9.17) is 16.3 Å². The minimum atomic E-state index is -0.640. The van der Waals surface area contributed by atoms with E-state index in [0.717, 1.165) is 48.6 Å². The predicted molar refractivity (Wildman–Crippen MR) is 152 cm³/mol. The number of hydrogen-bond donors (Lipinski definition) is 1. The molecule has 0 aliphatic carbocycles. The number of imide groups is 1. The smallest absolute Gasteiger partial charge is 0.255 e. The first-order valence-electron chi connectivity index (χ1n) is 13.9. The van der Waals surface area contributed by atoms with Crippen LogP contribution in [0.25, 0.3) is 0 Å². The Hall–Kier alpha value is -3.68. The molecular weight excluding hydrogens is 526 g/mol. The Morgan fingerprint density at radius 3 is 2.42 bits per heavy atom. The van der Waals surface area contributed by atoms with Crippen molar-refractivity contribution in [2.24, 2.45) is 0 Å². The lowest BCUT2D eigenvalue weighted by Gasteiger charge is -2.32. The minimum Gasteiger partial charge on any atom is -0.489 e. The van der Waals surface area contributed by atoms with Crippen molar-refractivity contribution in [3.05, 3.63) is 99.6 Å². The molecule has 3 aliphatic heterocycles. The van der Waals surface area contributed by atoms with Gasteiger partial charge >= 0.3 is 0 Å². The molecule has 2 saturated heterocycles. The van der Waals surface area contributed by atoms with Crippen molar-refractivity contribution >= 4 is 29.3 Å². The molecule has 1 unspecified atom stereocenters. The second-order valence-electron chi connectivity index (χ2n) is 10.9. The average Bonchev–Trinajstić information content (AvgIpc) is 3.29. The molecule has 8 heteroatoms. The molecule has 3 amide bonds. The first-order chi connectivity index (χ1) is 19.4. The van der Waals surface area contributed by atoms with Crippen LogP contribution < -0.4 is 10.1 Å². The third-order valence-corrected chi connectivity index (χ3v) is 8.51. The van der Waals surface area contributed by atoms with Crippen molar-refractivity contribution in [2.45, 2.75) is 57.3 Å². The Labute approximate surface area is 239 Å². The van der Waals surface area contributed by atoms with Gasteiger partial charge in [-0.3, -0.25) is 24.6 Å². The molecule has 0 radical (unpaired) electrons. The summed E-state index contributed by atoms with van der Waals surface area (Å²) in [7, 11) is 0. The van der Waals surface area contributed by atoms with E-state index >= 15 is 0 Å². The zero-order valence-corrected chi connectivity index (χ0v) is 23.0. The maximum atomic E-state index is 13.1. The fourth-order valence-corrected chi connectivity index (χ4v) is 6.21. The normalized spacial score (nSPS) is 20.0. The summed E-state index contributed by atoms with van der Waals surface area (Å²) in [5, 5.41) is 3.13. The molecule has 1 N–H and O–H groups in total. The maximum absolute atomic E-state index is 13.1. The van der Waals surface area contributed by atoms with Gasteiger partial charge in [-0.1, -0.05) is 54.1 Å². The highest BCUT2D eigenvalue weighted by Crippen LogP contribution is 2.34. The largest absolute Gasteiger partial charge is 0.489 e. The number of fused-ring (bicyclic) bond motifs is 1. The van der Waals surface area contributed by atoms with Gasteiger partial charge < -0.3 is 9.64 Å². The lowest BCUT2D eigenvalue weighted by atomic mass is 9.89. The van der Waals surface area contributed by atoms with Gasteiger partial charge in [0.1, 0.15) is 18.4 Å². The Morgan fingerprint density at radius 1 is 0.900 bits per heavy atom. The number of nitrogens with one attached hydrogen (secondary N) is 1. The van der Waals surface area contributed by atoms with Crippen LogP contribution in [0.5, 0.6) is 5.75 Å². The Morgan fingerprint density at radius 2 is 1.65 bits per heavy atom. The van der Waals surface area contributed by atoms with Crippen molar-refractivity contribution in [1.82, 2.24) is 15.1 Å². The highest BCUT2D eigenvalue weighted by Gasteiger charge is 2.40. The van der Waals surface area contributed by atoms with Gasteiger partial charge in [0, 0.05) is 29.1 Å². The molecule has 2 fully saturated rings. The number of carbonyl (C=O) groups excluding carboxylic acids is 3. The third-order valence-electron chi connectivity index (χ3n) is 8.26. The summed E-state index contributed by atoms with van der Waals surface area (Å²) in [6.45, 7) is 3.69. The molecule has 3 aromatic rings. The number of ether oxygens (including phenoxy) is 1.